The number of hydrogen-bond donors (Lipinski definition) is 1. The molecule has 3 aromatic rings. The Bertz CT molecular complexity index is 940. The van der Waals surface area contributed by atoms with E-state index in [1.54, 1.807) is 37.4 Å². The SMILES string of the molecule is Cc1ncccc1Oc1ccc(NC(=O)c2ccc(C(F)(F)F)cc2)cn1. The largest absolute Gasteiger partial charge is 0.437 e. The van der Waals surface area contributed by atoms with E-state index in [4.69, 9.17) is 4.74 Å². The summed E-state index contributed by atoms with van der Waals surface area (Å²) in [5.41, 5.74) is 0.386. The van der Waals surface area contributed by atoms with E-state index >= 15 is 0 Å². The number of pyridine rings is 2. The van der Waals surface area contributed by atoms with Gasteiger partial charge in [0.15, 0.2) is 5.75 Å². The molecule has 138 valence electrons. The van der Waals surface area contributed by atoms with E-state index in [1.165, 1.54) is 6.20 Å². The fourth-order valence-electron chi connectivity index (χ4n) is 2.22. The number of nitrogens with zero attached hydrogens (tertiary/aromatic N) is 2. The number of ether oxygens (including phenoxy) is 1. The van der Waals surface area contributed by atoms with Crippen molar-refractivity contribution in [1.82, 2.24) is 9.97 Å². The Morgan fingerprint density at radius 1 is 1.04 bits per heavy atom. The highest BCUT2D eigenvalue weighted by Crippen LogP contribution is 2.29. The average Bonchev–Trinajstić information content (AvgIpc) is 2.64. The molecule has 3 rings (SSSR count). The molecule has 0 atom stereocenters. The van der Waals surface area contributed by atoms with Crippen molar-refractivity contribution in [2.75, 3.05) is 5.32 Å². The lowest BCUT2D eigenvalue weighted by molar-refractivity contribution is -0.137. The quantitative estimate of drug-likeness (QED) is 0.710. The topological polar surface area (TPSA) is 64.1 Å². The molecule has 5 nitrogen and oxygen atoms in total. The fourth-order valence-corrected chi connectivity index (χ4v) is 2.22. The molecular weight excluding hydrogens is 359 g/mol. The second-order valence-electron chi connectivity index (χ2n) is 5.60. The molecule has 27 heavy (non-hydrogen) atoms. The number of aromatic nitrogens is 2. The first-order chi connectivity index (χ1) is 12.8. The molecule has 0 saturated carbocycles. The van der Waals surface area contributed by atoms with Gasteiger partial charge in [-0.05, 0) is 49.4 Å². The Kier molecular flexibility index (Phi) is 5.07. The highest BCUT2D eigenvalue weighted by molar-refractivity contribution is 6.04. The molecule has 1 aromatic carbocycles. The molecule has 0 fully saturated rings. The van der Waals surface area contributed by atoms with Gasteiger partial charge in [0.1, 0.15) is 0 Å². The van der Waals surface area contributed by atoms with Gasteiger partial charge in [-0.25, -0.2) is 4.98 Å². The zero-order chi connectivity index (χ0) is 19.4. The van der Waals surface area contributed by atoms with Crippen molar-refractivity contribution in [3.05, 3.63) is 77.7 Å². The molecular formula is C19H14F3N3O2. The molecule has 0 aliphatic carbocycles. The van der Waals surface area contributed by atoms with Crippen LogP contribution in [-0.2, 0) is 6.18 Å². The molecule has 2 aromatic heterocycles. The van der Waals surface area contributed by atoms with Crippen LogP contribution in [0.3, 0.4) is 0 Å². The van der Waals surface area contributed by atoms with Crippen LogP contribution in [0, 0.1) is 6.92 Å². The molecule has 0 aliphatic rings. The maximum atomic E-state index is 12.6. The van der Waals surface area contributed by atoms with E-state index < -0.39 is 17.6 Å². The summed E-state index contributed by atoms with van der Waals surface area (Å²) >= 11 is 0. The second-order valence-corrected chi connectivity index (χ2v) is 5.60. The van der Waals surface area contributed by atoms with E-state index in [0.29, 0.717) is 23.0 Å². The number of benzene rings is 1. The van der Waals surface area contributed by atoms with Crippen molar-refractivity contribution in [3.63, 3.8) is 0 Å². The van der Waals surface area contributed by atoms with Crippen LogP contribution in [0.25, 0.3) is 0 Å². The highest BCUT2D eigenvalue weighted by atomic mass is 19.4. The van der Waals surface area contributed by atoms with Crippen LogP contribution in [0.1, 0.15) is 21.6 Å². The van der Waals surface area contributed by atoms with Crippen molar-refractivity contribution >= 4 is 11.6 Å². The van der Waals surface area contributed by atoms with E-state index in [1.807, 2.05) is 0 Å². The Labute approximate surface area is 152 Å². The van der Waals surface area contributed by atoms with Gasteiger partial charge >= 0.3 is 6.18 Å². The third-order valence-corrected chi connectivity index (χ3v) is 3.64. The van der Waals surface area contributed by atoms with Crippen molar-refractivity contribution in [3.8, 4) is 11.6 Å². The van der Waals surface area contributed by atoms with Crippen molar-refractivity contribution in [2.24, 2.45) is 0 Å². The monoisotopic (exact) mass is 373 g/mol. The van der Waals surface area contributed by atoms with Gasteiger partial charge < -0.3 is 10.1 Å². The summed E-state index contributed by atoms with van der Waals surface area (Å²) in [5, 5.41) is 2.57. The minimum absolute atomic E-state index is 0.106. The first-order valence-corrected chi connectivity index (χ1v) is 7.87. The minimum Gasteiger partial charge on any atom is -0.437 e. The van der Waals surface area contributed by atoms with Crippen LogP contribution in [0.2, 0.25) is 0 Å². The molecule has 0 aliphatic heterocycles. The van der Waals surface area contributed by atoms with E-state index in [9.17, 15) is 18.0 Å². The lowest BCUT2D eigenvalue weighted by Crippen LogP contribution is -2.13. The molecule has 8 heteroatoms. The standard InChI is InChI=1S/C19H14F3N3O2/c1-12-16(3-2-10-23-12)27-17-9-8-15(11-24-17)25-18(26)13-4-6-14(7-5-13)19(20,21)22/h2-11H,1H3,(H,25,26). The van der Waals surface area contributed by atoms with Crippen LogP contribution in [0.4, 0.5) is 18.9 Å². The smallest absolute Gasteiger partial charge is 0.416 e. The van der Waals surface area contributed by atoms with Crippen LogP contribution < -0.4 is 10.1 Å². The summed E-state index contributed by atoms with van der Waals surface area (Å²) in [6.07, 6.45) is -1.40. The number of carbonyl (C=O) groups excluding carboxylic acids is 1. The molecule has 0 radical (unpaired) electrons. The van der Waals surface area contributed by atoms with E-state index in [0.717, 1.165) is 24.3 Å². The fraction of sp³-hybridized carbons (Fsp3) is 0.105. The summed E-state index contributed by atoms with van der Waals surface area (Å²) in [5.74, 6) is 0.340. The summed E-state index contributed by atoms with van der Waals surface area (Å²) < 4.78 is 43.3. The number of nitrogens with one attached hydrogen (secondary N) is 1. The van der Waals surface area contributed by atoms with Crippen LogP contribution in [-0.4, -0.2) is 15.9 Å². The van der Waals surface area contributed by atoms with E-state index in [2.05, 4.69) is 15.3 Å². The molecule has 0 spiro atoms. The average molecular weight is 373 g/mol. The van der Waals surface area contributed by atoms with Gasteiger partial charge in [0.05, 0.1) is 23.1 Å². The number of anilines is 1. The van der Waals surface area contributed by atoms with Gasteiger partial charge in [-0.3, -0.25) is 9.78 Å². The third kappa shape index (κ3) is 4.60. The van der Waals surface area contributed by atoms with Crippen LogP contribution >= 0.6 is 0 Å². The zero-order valence-corrected chi connectivity index (χ0v) is 14.1. The zero-order valence-electron chi connectivity index (χ0n) is 14.1. The normalized spacial score (nSPS) is 11.1. The van der Waals surface area contributed by atoms with Crippen LogP contribution in [0.5, 0.6) is 11.6 Å². The number of carbonyl (C=O) groups is 1. The van der Waals surface area contributed by atoms with Gasteiger partial charge in [-0.2, -0.15) is 13.2 Å². The van der Waals surface area contributed by atoms with Crippen LogP contribution in [0.15, 0.2) is 60.9 Å². The summed E-state index contributed by atoms with van der Waals surface area (Å²) in [7, 11) is 0. The third-order valence-electron chi connectivity index (χ3n) is 3.64. The Hall–Kier alpha value is -3.42. The van der Waals surface area contributed by atoms with Crippen molar-refractivity contribution in [2.45, 2.75) is 13.1 Å². The molecule has 1 amide bonds. The lowest BCUT2D eigenvalue weighted by atomic mass is 10.1. The Morgan fingerprint density at radius 2 is 1.78 bits per heavy atom. The van der Waals surface area contributed by atoms with E-state index in [-0.39, 0.29) is 5.56 Å². The number of alkyl halides is 3. The number of aryl methyl sites for hydroxylation is 1. The molecule has 0 unspecified atom stereocenters. The van der Waals surface area contributed by atoms with Crippen molar-refractivity contribution < 1.29 is 22.7 Å². The number of rotatable bonds is 4. The number of amides is 1. The van der Waals surface area contributed by atoms with Gasteiger partial charge in [-0.15, -0.1) is 0 Å². The maximum absolute atomic E-state index is 12.6. The van der Waals surface area contributed by atoms with Gasteiger partial charge in [0.2, 0.25) is 5.88 Å². The summed E-state index contributed by atoms with van der Waals surface area (Å²) in [6, 6.07) is 10.6. The summed E-state index contributed by atoms with van der Waals surface area (Å²) in [6.45, 7) is 1.80. The maximum Gasteiger partial charge on any atom is 0.416 e. The van der Waals surface area contributed by atoms with Gasteiger partial charge in [-0.1, -0.05) is 0 Å². The van der Waals surface area contributed by atoms with Crippen molar-refractivity contribution in [1.29, 1.82) is 0 Å². The molecule has 2 heterocycles. The summed E-state index contributed by atoms with van der Waals surface area (Å²) in [4.78, 5) is 20.3. The van der Waals surface area contributed by atoms with Gasteiger partial charge in [0.25, 0.3) is 5.91 Å². The molecule has 1 N–H and O–H groups in total. The predicted molar refractivity (Wildman–Crippen MR) is 92.7 cm³/mol. The minimum atomic E-state index is -4.44. The Balaban J connectivity index is 1.66. The number of hydrogen-bond acceptors (Lipinski definition) is 4. The first kappa shape index (κ1) is 18.4. The molecule has 0 bridgehead atoms. The lowest BCUT2D eigenvalue weighted by Gasteiger charge is -2.09. The highest BCUT2D eigenvalue weighted by Gasteiger charge is 2.30. The van der Waals surface area contributed by atoms with Gasteiger partial charge in [0, 0.05) is 17.8 Å². The Morgan fingerprint density at radius 3 is 2.37 bits per heavy atom. The second kappa shape index (κ2) is 7.45. The number of halogens is 3. The predicted octanol–water partition coefficient (Wildman–Crippen LogP) is 4.85. The first-order valence-electron chi connectivity index (χ1n) is 7.87. The molecule has 0 saturated heterocycles.